The Morgan fingerprint density at radius 3 is 2.89 bits per heavy atom. The van der Waals surface area contributed by atoms with Gasteiger partial charge in [-0.15, -0.1) is 0 Å². The Kier molecular flexibility index (Phi) is 9.45. The molecule has 5 nitrogen and oxygen atoms in total. The lowest BCUT2D eigenvalue weighted by Crippen LogP contribution is -2.39. The Hall–Kier alpha value is -0.810. The molecule has 112 valence electrons. The molecule has 19 heavy (non-hydrogen) atoms. The molecule has 1 unspecified atom stereocenters. The van der Waals surface area contributed by atoms with Gasteiger partial charge >= 0.3 is 0 Å². The van der Waals surface area contributed by atoms with E-state index in [2.05, 4.69) is 29.5 Å². The van der Waals surface area contributed by atoms with Crippen molar-refractivity contribution in [2.75, 3.05) is 39.5 Å². The number of aliphatic imine (C=N–C) groups is 1. The number of hydrogen-bond donors (Lipinski definition) is 2. The highest BCUT2D eigenvalue weighted by Gasteiger charge is 2.14. The van der Waals surface area contributed by atoms with Crippen LogP contribution in [0.15, 0.2) is 4.99 Å². The lowest BCUT2D eigenvalue weighted by molar-refractivity contribution is 0.117. The minimum Gasteiger partial charge on any atom is -0.380 e. The van der Waals surface area contributed by atoms with Crippen molar-refractivity contribution in [1.82, 2.24) is 10.6 Å². The Morgan fingerprint density at radius 2 is 2.21 bits per heavy atom. The van der Waals surface area contributed by atoms with Crippen molar-refractivity contribution in [3.63, 3.8) is 0 Å². The predicted molar refractivity (Wildman–Crippen MR) is 78.7 cm³/mol. The zero-order chi connectivity index (χ0) is 13.8. The Labute approximate surface area is 117 Å². The molecule has 2 N–H and O–H groups in total. The Bertz CT molecular complexity index is 241. The third kappa shape index (κ3) is 8.06. The molecule has 0 bridgehead atoms. The van der Waals surface area contributed by atoms with Crippen LogP contribution in [0.25, 0.3) is 0 Å². The summed E-state index contributed by atoms with van der Waals surface area (Å²) in [5, 5.41) is 6.52. The highest BCUT2D eigenvalue weighted by molar-refractivity contribution is 5.79. The molecule has 0 amide bonds. The molecule has 0 aromatic carbocycles. The van der Waals surface area contributed by atoms with Crippen LogP contribution in [0, 0.1) is 0 Å². The molecule has 1 fully saturated rings. The summed E-state index contributed by atoms with van der Waals surface area (Å²) in [5.74, 6) is 0.858. The predicted octanol–water partition coefficient (Wildman–Crippen LogP) is 1.54. The van der Waals surface area contributed by atoms with E-state index in [9.17, 15) is 0 Å². The quantitative estimate of drug-likeness (QED) is 0.379. The summed E-state index contributed by atoms with van der Waals surface area (Å²) >= 11 is 0. The second-order valence-electron chi connectivity index (χ2n) is 4.75. The molecule has 0 saturated carbocycles. The number of rotatable bonds is 9. The zero-order valence-electron chi connectivity index (χ0n) is 12.4. The summed E-state index contributed by atoms with van der Waals surface area (Å²) in [7, 11) is 0. The largest absolute Gasteiger partial charge is 0.380 e. The van der Waals surface area contributed by atoms with E-state index >= 15 is 0 Å². The first kappa shape index (κ1) is 16.2. The fraction of sp³-hybridized carbons (Fsp3) is 0.929. The number of guanidine groups is 1. The van der Waals surface area contributed by atoms with Crippen molar-refractivity contribution in [3.05, 3.63) is 0 Å². The molecule has 0 aromatic rings. The molecule has 1 aliphatic rings. The number of nitrogens with zero attached hydrogens (tertiary/aromatic N) is 1. The monoisotopic (exact) mass is 271 g/mol. The van der Waals surface area contributed by atoms with Crippen LogP contribution in [0.1, 0.15) is 39.5 Å². The third-order valence-electron chi connectivity index (χ3n) is 3.00. The maximum absolute atomic E-state index is 5.56. The van der Waals surface area contributed by atoms with Crippen LogP contribution < -0.4 is 10.6 Å². The standard InChI is InChI=1S/C14H29N3O2/c1-3-5-9-18-11-8-16-14(15-4-2)17-12-13-7-6-10-19-13/h13H,3-12H2,1-2H3,(H2,15,16,17). The first-order valence-electron chi connectivity index (χ1n) is 7.58. The molecular formula is C14H29N3O2. The molecule has 1 rings (SSSR count). The van der Waals surface area contributed by atoms with E-state index in [1.165, 1.54) is 6.42 Å². The van der Waals surface area contributed by atoms with Crippen LogP contribution in [0.3, 0.4) is 0 Å². The van der Waals surface area contributed by atoms with Gasteiger partial charge in [-0.1, -0.05) is 13.3 Å². The van der Waals surface area contributed by atoms with Gasteiger partial charge in [-0.2, -0.15) is 0 Å². The van der Waals surface area contributed by atoms with E-state index in [1.54, 1.807) is 0 Å². The normalized spacial score (nSPS) is 19.7. The van der Waals surface area contributed by atoms with E-state index in [-0.39, 0.29) is 0 Å². The average Bonchev–Trinajstić information content (AvgIpc) is 2.93. The van der Waals surface area contributed by atoms with Crippen LogP contribution in [0.5, 0.6) is 0 Å². The summed E-state index contributed by atoms with van der Waals surface area (Å²) in [6.07, 6.45) is 4.90. The first-order valence-corrected chi connectivity index (χ1v) is 7.58. The second kappa shape index (κ2) is 11.1. The van der Waals surface area contributed by atoms with Gasteiger partial charge in [0.25, 0.3) is 0 Å². The minimum atomic E-state index is 0.302. The topological polar surface area (TPSA) is 54.9 Å². The van der Waals surface area contributed by atoms with Crippen molar-refractivity contribution in [2.24, 2.45) is 4.99 Å². The summed E-state index contributed by atoms with van der Waals surface area (Å²) in [6.45, 7) is 9.10. The summed E-state index contributed by atoms with van der Waals surface area (Å²) < 4.78 is 11.1. The maximum Gasteiger partial charge on any atom is 0.191 e. The van der Waals surface area contributed by atoms with Gasteiger partial charge in [0.1, 0.15) is 0 Å². The molecule has 0 spiro atoms. The summed E-state index contributed by atoms with van der Waals surface area (Å²) in [5.41, 5.74) is 0. The van der Waals surface area contributed by atoms with Crippen LogP contribution in [-0.4, -0.2) is 51.5 Å². The van der Waals surface area contributed by atoms with Crippen molar-refractivity contribution >= 4 is 5.96 Å². The average molecular weight is 271 g/mol. The van der Waals surface area contributed by atoms with Crippen LogP contribution in [0.4, 0.5) is 0 Å². The van der Waals surface area contributed by atoms with Gasteiger partial charge < -0.3 is 20.1 Å². The summed E-state index contributed by atoms with van der Waals surface area (Å²) in [4.78, 5) is 4.54. The van der Waals surface area contributed by atoms with E-state index in [0.29, 0.717) is 6.10 Å². The molecule has 1 heterocycles. The Morgan fingerprint density at radius 1 is 1.32 bits per heavy atom. The molecule has 0 radical (unpaired) electrons. The van der Waals surface area contributed by atoms with Crippen LogP contribution in [0.2, 0.25) is 0 Å². The molecule has 1 saturated heterocycles. The second-order valence-corrected chi connectivity index (χ2v) is 4.75. The Balaban J connectivity index is 2.13. The van der Waals surface area contributed by atoms with E-state index in [0.717, 1.165) is 64.7 Å². The first-order chi connectivity index (χ1) is 9.36. The molecule has 5 heteroatoms. The van der Waals surface area contributed by atoms with E-state index in [4.69, 9.17) is 9.47 Å². The lowest BCUT2D eigenvalue weighted by Gasteiger charge is -2.13. The van der Waals surface area contributed by atoms with Gasteiger partial charge in [-0.3, -0.25) is 4.99 Å². The fourth-order valence-electron chi connectivity index (χ4n) is 1.91. The van der Waals surface area contributed by atoms with Crippen molar-refractivity contribution in [1.29, 1.82) is 0 Å². The van der Waals surface area contributed by atoms with E-state index in [1.807, 2.05) is 0 Å². The lowest BCUT2D eigenvalue weighted by atomic mass is 10.2. The van der Waals surface area contributed by atoms with Gasteiger partial charge in [0.05, 0.1) is 19.3 Å². The molecule has 1 aliphatic heterocycles. The van der Waals surface area contributed by atoms with Gasteiger partial charge in [-0.05, 0) is 26.2 Å². The van der Waals surface area contributed by atoms with Gasteiger partial charge in [-0.25, -0.2) is 0 Å². The maximum atomic E-state index is 5.56. The van der Waals surface area contributed by atoms with Crippen LogP contribution in [-0.2, 0) is 9.47 Å². The molecule has 0 aliphatic carbocycles. The molecule has 1 atom stereocenters. The van der Waals surface area contributed by atoms with Gasteiger partial charge in [0.15, 0.2) is 5.96 Å². The highest BCUT2D eigenvalue weighted by atomic mass is 16.5. The van der Waals surface area contributed by atoms with E-state index < -0.39 is 0 Å². The van der Waals surface area contributed by atoms with Crippen molar-refractivity contribution in [3.8, 4) is 0 Å². The van der Waals surface area contributed by atoms with Crippen LogP contribution >= 0.6 is 0 Å². The highest BCUT2D eigenvalue weighted by Crippen LogP contribution is 2.11. The number of ether oxygens (including phenoxy) is 2. The summed E-state index contributed by atoms with van der Waals surface area (Å²) in [6, 6.07) is 0. The number of nitrogens with one attached hydrogen (secondary N) is 2. The third-order valence-corrected chi connectivity index (χ3v) is 3.00. The number of unbranched alkanes of at least 4 members (excludes halogenated alkanes) is 1. The van der Waals surface area contributed by atoms with Gasteiger partial charge in [0, 0.05) is 26.3 Å². The fourth-order valence-corrected chi connectivity index (χ4v) is 1.91. The van der Waals surface area contributed by atoms with Gasteiger partial charge in [0.2, 0.25) is 0 Å². The SMILES string of the molecule is CCCCOCCNC(=NCC1CCCO1)NCC. The molecule has 0 aromatic heterocycles. The smallest absolute Gasteiger partial charge is 0.191 e. The van der Waals surface area contributed by atoms with Crippen molar-refractivity contribution < 1.29 is 9.47 Å². The van der Waals surface area contributed by atoms with Crippen molar-refractivity contribution in [2.45, 2.75) is 45.6 Å². The molecular weight excluding hydrogens is 242 g/mol. The number of hydrogen-bond acceptors (Lipinski definition) is 3. The zero-order valence-corrected chi connectivity index (χ0v) is 12.4. The minimum absolute atomic E-state index is 0.302.